The minimum atomic E-state index is -0.182. The minimum Gasteiger partial charge on any atom is -0.376 e. The first-order valence-corrected chi connectivity index (χ1v) is 6.45. The topological polar surface area (TPSA) is 38.5 Å². The van der Waals surface area contributed by atoms with Crippen molar-refractivity contribution in [3.63, 3.8) is 0 Å². The molecule has 3 unspecified atom stereocenters. The van der Waals surface area contributed by atoms with Crippen LogP contribution in [-0.2, 0) is 4.74 Å². The van der Waals surface area contributed by atoms with E-state index in [1.807, 2.05) is 26.0 Å². The highest BCUT2D eigenvalue weighted by atomic mass is 19.1. The van der Waals surface area contributed by atoms with Gasteiger partial charge in [0.2, 0.25) is 0 Å². The summed E-state index contributed by atoms with van der Waals surface area (Å²) in [6, 6.07) is 6.68. The average molecular weight is 252 g/mol. The quantitative estimate of drug-likeness (QED) is 0.893. The van der Waals surface area contributed by atoms with E-state index in [0.29, 0.717) is 12.2 Å². The van der Waals surface area contributed by atoms with Crippen LogP contribution < -0.4 is 5.73 Å². The van der Waals surface area contributed by atoms with Crippen LogP contribution in [0.2, 0.25) is 0 Å². The molecule has 1 saturated heterocycles. The van der Waals surface area contributed by atoms with E-state index in [0.717, 1.165) is 13.1 Å². The highest BCUT2D eigenvalue weighted by Crippen LogP contribution is 2.27. The molecule has 4 heteroatoms. The van der Waals surface area contributed by atoms with Gasteiger partial charge in [-0.05, 0) is 19.9 Å². The summed E-state index contributed by atoms with van der Waals surface area (Å²) in [6.45, 7) is 6.23. The maximum atomic E-state index is 13.9. The first kappa shape index (κ1) is 13.5. The summed E-state index contributed by atoms with van der Waals surface area (Å²) in [5.74, 6) is -0.182. The van der Waals surface area contributed by atoms with Crippen LogP contribution in [-0.4, -0.2) is 36.7 Å². The van der Waals surface area contributed by atoms with Gasteiger partial charge in [-0.3, -0.25) is 4.90 Å². The van der Waals surface area contributed by atoms with Crippen molar-refractivity contribution >= 4 is 0 Å². The van der Waals surface area contributed by atoms with Gasteiger partial charge in [0.25, 0.3) is 0 Å². The Kier molecular flexibility index (Phi) is 4.32. The molecule has 0 aliphatic carbocycles. The van der Waals surface area contributed by atoms with Crippen molar-refractivity contribution in [2.75, 3.05) is 19.7 Å². The van der Waals surface area contributed by atoms with Crippen LogP contribution >= 0.6 is 0 Å². The smallest absolute Gasteiger partial charge is 0.128 e. The zero-order valence-electron chi connectivity index (χ0n) is 11.0. The van der Waals surface area contributed by atoms with Gasteiger partial charge in [0.1, 0.15) is 5.82 Å². The van der Waals surface area contributed by atoms with Gasteiger partial charge in [-0.15, -0.1) is 0 Å². The molecule has 0 radical (unpaired) electrons. The molecule has 1 aliphatic rings. The van der Waals surface area contributed by atoms with Crippen LogP contribution in [0.4, 0.5) is 4.39 Å². The number of hydrogen-bond acceptors (Lipinski definition) is 3. The molecule has 0 aromatic heterocycles. The average Bonchev–Trinajstić information content (AvgIpc) is 2.32. The van der Waals surface area contributed by atoms with Crippen LogP contribution in [0.15, 0.2) is 24.3 Å². The molecular weight excluding hydrogens is 231 g/mol. The number of hydrogen-bond donors (Lipinski definition) is 1. The van der Waals surface area contributed by atoms with Gasteiger partial charge in [-0.25, -0.2) is 4.39 Å². The molecule has 1 aromatic rings. The lowest BCUT2D eigenvalue weighted by Gasteiger charge is -2.39. The van der Waals surface area contributed by atoms with Crippen LogP contribution in [0.5, 0.6) is 0 Å². The monoisotopic (exact) mass is 252 g/mol. The summed E-state index contributed by atoms with van der Waals surface area (Å²) >= 11 is 0. The largest absolute Gasteiger partial charge is 0.376 e. The Balaban J connectivity index is 2.26. The van der Waals surface area contributed by atoms with Crippen LogP contribution in [0.25, 0.3) is 0 Å². The molecule has 2 rings (SSSR count). The molecule has 0 spiro atoms. The Morgan fingerprint density at radius 2 is 2.17 bits per heavy atom. The number of benzene rings is 1. The van der Waals surface area contributed by atoms with E-state index < -0.39 is 0 Å². The number of halogens is 1. The molecule has 1 fully saturated rings. The molecule has 0 amide bonds. The normalized spacial score (nSPS) is 24.8. The van der Waals surface area contributed by atoms with E-state index in [1.165, 1.54) is 6.07 Å². The summed E-state index contributed by atoms with van der Waals surface area (Å²) in [5.41, 5.74) is 6.75. The molecule has 0 bridgehead atoms. The summed E-state index contributed by atoms with van der Waals surface area (Å²) in [4.78, 5) is 2.22. The highest BCUT2D eigenvalue weighted by molar-refractivity contribution is 5.23. The highest BCUT2D eigenvalue weighted by Gasteiger charge is 2.29. The molecule has 3 nitrogen and oxygen atoms in total. The second kappa shape index (κ2) is 5.78. The van der Waals surface area contributed by atoms with Crippen LogP contribution in [0, 0.1) is 5.82 Å². The third kappa shape index (κ3) is 2.88. The second-order valence-corrected chi connectivity index (χ2v) is 5.00. The maximum Gasteiger partial charge on any atom is 0.128 e. The SMILES string of the molecule is CC1CN(C(c2ccccc2F)C(C)N)CCO1. The lowest BCUT2D eigenvalue weighted by atomic mass is 9.98. The maximum absolute atomic E-state index is 13.9. The molecule has 1 heterocycles. The van der Waals surface area contributed by atoms with Gasteiger partial charge in [-0.2, -0.15) is 0 Å². The fraction of sp³-hybridized carbons (Fsp3) is 0.571. The second-order valence-electron chi connectivity index (χ2n) is 5.00. The van der Waals surface area contributed by atoms with Crippen LogP contribution in [0.1, 0.15) is 25.5 Å². The van der Waals surface area contributed by atoms with Gasteiger partial charge < -0.3 is 10.5 Å². The van der Waals surface area contributed by atoms with E-state index in [1.54, 1.807) is 6.07 Å². The van der Waals surface area contributed by atoms with Gasteiger partial charge in [0, 0.05) is 24.7 Å². The molecule has 100 valence electrons. The molecule has 2 N–H and O–H groups in total. The van der Waals surface area contributed by atoms with Gasteiger partial charge >= 0.3 is 0 Å². The standard InChI is InChI=1S/C14H21FN2O/c1-10-9-17(7-8-18-10)14(11(2)16)12-5-3-4-6-13(12)15/h3-6,10-11,14H,7-9,16H2,1-2H3. The van der Waals surface area contributed by atoms with Crippen molar-refractivity contribution in [2.24, 2.45) is 5.73 Å². The first-order chi connectivity index (χ1) is 8.59. The van der Waals surface area contributed by atoms with Gasteiger partial charge in [0.15, 0.2) is 0 Å². The summed E-state index contributed by atoms with van der Waals surface area (Å²) in [5, 5.41) is 0. The number of rotatable bonds is 3. The van der Waals surface area contributed by atoms with E-state index in [2.05, 4.69) is 4.90 Å². The van der Waals surface area contributed by atoms with Crippen molar-refractivity contribution in [3.05, 3.63) is 35.6 Å². The van der Waals surface area contributed by atoms with E-state index >= 15 is 0 Å². The molecule has 3 atom stereocenters. The Morgan fingerprint density at radius 3 is 2.78 bits per heavy atom. The lowest BCUT2D eigenvalue weighted by molar-refractivity contribution is -0.0381. The first-order valence-electron chi connectivity index (χ1n) is 6.45. The summed E-state index contributed by atoms with van der Waals surface area (Å²) in [7, 11) is 0. The fourth-order valence-corrected chi connectivity index (χ4v) is 2.63. The van der Waals surface area contributed by atoms with Crippen molar-refractivity contribution < 1.29 is 9.13 Å². The number of nitrogens with two attached hydrogens (primary N) is 1. The summed E-state index contributed by atoms with van der Waals surface area (Å²) < 4.78 is 19.5. The Morgan fingerprint density at radius 1 is 1.44 bits per heavy atom. The van der Waals surface area contributed by atoms with Crippen molar-refractivity contribution in [3.8, 4) is 0 Å². The third-order valence-electron chi connectivity index (χ3n) is 3.39. The van der Waals surface area contributed by atoms with Crippen molar-refractivity contribution in [1.82, 2.24) is 4.90 Å². The lowest BCUT2D eigenvalue weighted by Crippen LogP contribution is -2.48. The Labute approximate surface area is 108 Å². The zero-order chi connectivity index (χ0) is 13.1. The molecule has 1 aliphatic heterocycles. The van der Waals surface area contributed by atoms with Gasteiger partial charge in [-0.1, -0.05) is 18.2 Å². The number of nitrogens with zero attached hydrogens (tertiary/aromatic N) is 1. The summed E-state index contributed by atoms with van der Waals surface area (Å²) in [6.07, 6.45) is 0.173. The fourth-order valence-electron chi connectivity index (χ4n) is 2.63. The van der Waals surface area contributed by atoms with Crippen molar-refractivity contribution in [2.45, 2.75) is 32.0 Å². The minimum absolute atomic E-state index is 0.0856. The van der Waals surface area contributed by atoms with Crippen LogP contribution in [0.3, 0.4) is 0 Å². The van der Waals surface area contributed by atoms with Crippen molar-refractivity contribution in [1.29, 1.82) is 0 Å². The Hall–Kier alpha value is -0.970. The third-order valence-corrected chi connectivity index (χ3v) is 3.39. The van der Waals surface area contributed by atoms with E-state index in [9.17, 15) is 4.39 Å². The van der Waals surface area contributed by atoms with E-state index in [4.69, 9.17) is 10.5 Å². The van der Waals surface area contributed by atoms with Gasteiger partial charge in [0.05, 0.1) is 18.8 Å². The molecule has 18 heavy (non-hydrogen) atoms. The number of ether oxygens (including phenoxy) is 1. The molecule has 1 aromatic carbocycles. The molecule has 0 saturated carbocycles. The predicted molar refractivity (Wildman–Crippen MR) is 69.8 cm³/mol. The zero-order valence-corrected chi connectivity index (χ0v) is 11.0. The number of morpholine rings is 1. The predicted octanol–water partition coefficient (Wildman–Crippen LogP) is 1.93. The Bertz CT molecular complexity index is 397. The molecular formula is C14H21FN2O. The van der Waals surface area contributed by atoms with E-state index in [-0.39, 0.29) is 24.0 Å².